The van der Waals surface area contributed by atoms with E-state index in [2.05, 4.69) is 72.3 Å². The Balaban J connectivity index is 1.39. The molecule has 17 heteroatoms. The minimum Gasteiger partial charge on any atom is -0.464 e. The fourth-order valence-electron chi connectivity index (χ4n) is 10.2. The molecule has 1 aromatic carbocycles. The number of aromatic nitrogens is 1. The molecule has 0 spiro atoms. The fourth-order valence-corrected chi connectivity index (χ4v) is 10.2. The molecule has 5 heterocycles. The number of amides is 4. The molecule has 0 aliphatic carbocycles. The lowest BCUT2D eigenvalue weighted by molar-refractivity contribution is -0.156. The summed E-state index contributed by atoms with van der Waals surface area (Å²) in [4.78, 5) is 78.9. The van der Waals surface area contributed by atoms with Gasteiger partial charge in [-0.2, -0.15) is 0 Å². The van der Waals surface area contributed by atoms with Gasteiger partial charge in [-0.05, 0) is 75.8 Å². The first-order valence-corrected chi connectivity index (χ1v) is 24.1. The van der Waals surface area contributed by atoms with Crippen molar-refractivity contribution in [1.82, 2.24) is 30.1 Å². The summed E-state index contributed by atoms with van der Waals surface area (Å²) in [6.07, 6.45) is 4.98. The number of nitrogens with one attached hydrogen (secondary N) is 2. The predicted molar refractivity (Wildman–Crippen MR) is 261 cm³/mol. The number of carbonyl (C=O) groups excluding carboxylic acids is 5. The van der Waals surface area contributed by atoms with Crippen LogP contribution in [0.5, 0.6) is 0 Å². The number of likely N-dealkylation sites (tertiary alicyclic amines) is 1. The number of alkyl halides is 1. The van der Waals surface area contributed by atoms with Gasteiger partial charge in [-0.15, -0.1) is 0 Å². The van der Waals surface area contributed by atoms with Gasteiger partial charge < -0.3 is 38.8 Å². The van der Waals surface area contributed by atoms with E-state index >= 15 is 4.39 Å². The molecule has 4 aliphatic rings. The van der Waals surface area contributed by atoms with E-state index < -0.39 is 64.9 Å². The zero-order chi connectivity index (χ0) is 49.7. The lowest BCUT2D eigenvalue weighted by Crippen LogP contribution is -2.63. The fraction of sp³-hybridized carbons (Fsp3) is 0.608. The molecule has 0 radical (unpaired) electrons. The van der Waals surface area contributed by atoms with E-state index in [1.54, 1.807) is 27.2 Å². The summed E-state index contributed by atoms with van der Waals surface area (Å²) < 4.78 is 37.0. The Morgan fingerprint density at radius 3 is 2.46 bits per heavy atom. The van der Waals surface area contributed by atoms with Crippen molar-refractivity contribution in [3.8, 4) is 0 Å². The summed E-state index contributed by atoms with van der Waals surface area (Å²) in [5.74, 6) is -3.28. The van der Waals surface area contributed by atoms with E-state index in [1.807, 2.05) is 19.9 Å². The number of carbonyl (C=O) groups is 5. The van der Waals surface area contributed by atoms with E-state index in [0.29, 0.717) is 45.5 Å². The van der Waals surface area contributed by atoms with Gasteiger partial charge in [0.1, 0.15) is 18.1 Å². The van der Waals surface area contributed by atoms with Crippen LogP contribution >= 0.6 is 0 Å². The van der Waals surface area contributed by atoms with Crippen LogP contribution in [0.4, 0.5) is 10.1 Å². The number of allylic oxidation sites excluding steroid dienone is 2. The van der Waals surface area contributed by atoms with Crippen LogP contribution in [-0.4, -0.2) is 151 Å². The van der Waals surface area contributed by atoms with Gasteiger partial charge in [0, 0.05) is 106 Å². The van der Waals surface area contributed by atoms with E-state index in [-0.39, 0.29) is 57.5 Å². The Hall–Kier alpha value is -5.39. The lowest BCUT2D eigenvalue weighted by Gasteiger charge is -2.41. The Kier molecular flexibility index (Phi) is 16.8. The number of morpholine rings is 1. The summed E-state index contributed by atoms with van der Waals surface area (Å²) in [6.45, 7) is 23.8. The quantitative estimate of drug-likeness (QED) is 0.122. The largest absolute Gasteiger partial charge is 0.464 e. The summed E-state index contributed by atoms with van der Waals surface area (Å²) in [5.41, 5.74) is 5.85. The van der Waals surface area contributed by atoms with Crippen LogP contribution < -0.4 is 15.6 Å². The van der Waals surface area contributed by atoms with Gasteiger partial charge in [-0.25, -0.2) is 9.82 Å². The number of nitrogens with zero attached hydrogens (tertiary/aromatic N) is 6. The highest BCUT2D eigenvalue weighted by Gasteiger charge is 2.47. The van der Waals surface area contributed by atoms with E-state index in [0.717, 1.165) is 50.1 Å². The highest BCUT2D eigenvalue weighted by molar-refractivity contribution is 5.96. The smallest absolute Gasteiger partial charge is 0.324 e. The SMILES string of the molecule is C=CC(=O)N1CCC(F)(C(=O)N(C)[C@H](C(=O)N[C@H]2C[C@H]3CN(CCO3)c3ccc4c(c3)c(c(/C(C=C)=C(/N=C\C)[C@H](C)OC)n4CC)CC(C)(C)COC(=O)[C@@H]3CCCN(N3)C2=O)C(C)C)CC1. The molecule has 372 valence electrons. The van der Waals surface area contributed by atoms with Crippen molar-refractivity contribution in [2.75, 3.05) is 65.0 Å². The number of anilines is 1. The number of cyclic esters (lactones) is 1. The topological polar surface area (TPSA) is 167 Å². The van der Waals surface area contributed by atoms with Gasteiger partial charge in [-0.3, -0.25) is 34.0 Å². The number of aliphatic imine (C=N–C) groups is 1. The van der Waals surface area contributed by atoms with Gasteiger partial charge in [0.05, 0.1) is 36.8 Å². The maximum atomic E-state index is 16.4. The van der Waals surface area contributed by atoms with Crippen LogP contribution in [0, 0.1) is 11.3 Å². The molecule has 4 aliphatic heterocycles. The third-order valence-electron chi connectivity index (χ3n) is 13.9. The minimum atomic E-state index is -2.30. The molecule has 2 N–H and O–H groups in total. The van der Waals surface area contributed by atoms with Gasteiger partial charge in [-0.1, -0.05) is 46.9 Å². The maximum Gasteiger partial charge on any atom is 0.324 e. The average molecular weight is 945 g/mol. The number of fused-ring (bicyclic) bond motifs is 6. The Morgan fingerprint density at radius 1 is 1.10 bits per heavy atom. The van der Waals surface area contributed by atoms with Crippen molar-refractivity contribution in [3.63, 3.8) is 0 Å². The number of benzene rings is 1. The van der Waals surface area contributed by atoms with Crippen LogP contribution in [0.25, 0.3) is 16.5 Å². The summed E-state index contributed by atoms with van der Waals surface area (Å²) in [7, 11) is 3.06. The van der Waals surface area contributed by atoms with Crippen LogP contribution in [0.2, 0.25) is 0 Å². The number of halogens is 1. The molecule has 6 rings (SSSR count). The average Bonchev–Trinajstić information content (AvgIpc) is 3.62. The number of aryl methyl sites for hydroxylation is 1. The predicted octanol–water partition coefficient (Wildman–Crippen LogP) is 5.38. The Labute approximate surface area is 400 Å². The molecular formula is C51H73FN8O8. The third-order valence-corrected chi connectivity index (χ3v) is 13.9. The molecule has 3 fully saturated rings. The number of piperidine rings is 1. The molecule has 2 aromatic rings. The monoisotopic (exact) mass is 945 g/mol. The summed E-state index contributed by atoms with van der Waals surface area (Å²) in [5, 5.41) is 5.37. The first kappa shape index (κ1) is 52.0. The minimum absolute atomic E-state index is 0.0301. The highest BCUT2D eigenvalue weighted by Crippen LogP contribution is 2.40. The number of esters is 1. The van der Waals surface area contributed by atoms with E-state index in [9.17, 15) is 24.0 Å². The van der Waals surface area contributed by atoms with Crippen molar-refractivity contribution in [1.29, 1.82) is 0 Å². The van der Waals surface area contributed by atoms with Gasteiger partial charge in [0.25, 0.3) is 11.8 Å². The Bertz CT molecular complexity index is 2300. The molecule has 5 atom stereocenters. The number of rotatable bonds is 12. The maximum absolute atomic E-state index is 16.4. The van der Waals surface area contributed by atoms with Crippen molar-refractivity contribution in [2.45, 2.75) is 130 Å². The molecule has 16 nitrogen and oxygen atoms in total. The molecule has 0 unspecified atom stereocenters. The number of hydrazine groups is 1. The summed E-state index contributed by atoms with van der Waals surface area (Å²) >= 11 is 0. The van der Waals surface area contributed by atoms with Crippen molar-refractivity contribution >= 4 is 58.0 Å². The van der Waals surface area contributed by atoms with E-state index in [1.165, 1.54) is 17.0 Å². The molecule has 6 bridgehead atoms. The molecule has 0 saturated carbocycles. The molecular weight excluding hydrogens is 872 g/mol. The molecule has 68 heavy (non-hydrogen) atoms. The van der Waals surface area contributed by atoms with Gasteiger partial charge in [0.2, 0.25) is 11.8 Å². The number of hydrogen-bond acceptors (Lipinski definition) is 11. The first-order valence-electron chi connectivity index (χ1n) is 24.1. The summed E-state index contributed by atoms with van der Waals surface area (Å²) in [6, 6.07) is 3.29. The van der Waals surface area contributed by atoms with Crippen molar-refractivity contribution in [3.05, 3.63) is 60.5 Å². The molecule has 1 aromatic heterocycles. The van der Waals surface area contributed by atoms with Crippen LogP contribution in [0.1, 0.15) is 91.8 Å². The first-order chi connectivity index (χ1) is 32.3. The number of hydrogen-bond donors (Lipinski definition) is 2. The highest BCUT2D eigenvalue weighted by atomic mass is 19.1. The second kappa shape index (κ2) is 21.9. The van der Waals surface area contributed by atoms with Crippen molar-refractivity contribution < 1.29 is 42.6 Å². The third kappa shape index (κ3) is 11.0. The van der Waals surface area contributed by atoms with Crippen molar-refractivity contribution in [2.24, 2.45) is 16.3 Å². The number of methoxy groups -OCH3 is 1. The second-order valence-electron chi connectivity index (χ2n) is 19.6. The Morgan fingerprint density at radius 2 is 1.82 bits per heavy atom. The van der Waals surface area contributed by atoms with Gasteiger partial charge in [0.15, 0.2) is 5.67 Å². The van der Waals surface area contributed by atoms with Crippen LogP contribution in [0.15, 0.2) is 54.2 Å². The molecule has 3 saturated heterocycles. The van der Waals surface area contributed by atoms with E-state index in [4.69, 9.17) is 19.2 Å². The normalized spacial score (nSPS) is 23.6. The van der Waals surface area contributed by atoms with Crippen LogP contribution in [-0.2, 0) is 51.1 Å². The zero-order valence-corrected chi connectivity index (χ0v) is 41.6. The lowest BCUT2D eigenvalue weighted by atomic mass is 9.84. The second-order valence-corrected chi connectivity index (χ2v) is 19.6. The molecule has 4 amide bonds. The number of likely N-dealkylation sites (N-methyl/N-ethyl adjacent to an activating group) is 1. The zero-order valence-electron chi connectivity index (χ0n) is 41.6. The van der Waals surface area contributed by atoms with Crippen LogP contribution in [0.3, 0.4) is 0 Å². The van der Waals surface area contributed by atoms with Gasteiger partial charge >= 0.3 is 5.97 Å². The standard InChI is InChI=1S/C51H73FN8O8/c1-12-36(43(53-14-3)33(7)66-11)45-38-29-50(8,9)31-68-48(64)39-17-16-22-60(55-39)47(63)40(28-35-30-58(25-26-67-35)34-18-19-41(37(38)27-34)59(45)15-4)54-46(62)44(32(5)6)56(10)49(65)51(52)20-23-57(24-21-51)42(61)13-2/h12-14,18-19,27,32-33,35,39-40,44,55H,1-2,15-17,20-26,28-31H2,3-11H3,(H,54,62)/b43-36+,53-14-/t33-,35-,39-,40-,44-/m0/s1. The number of ether oxygens (including phenoxy) is 3.